The van der Waals surface area contributed by atoms with Crippen LogP contribution in [0.1, 0.15) is 24.1 Å². The van der Waals surface area contributed by atoms with Crippen LogP contribution in [0.2, 0.25) is 0 Å². The van der Waals surface area contributed by atoms with Crippen LogP contribution in [0.15, 0.2) is 54.7 Å². The summed E-state index contributed by atoms with van der Waals surface area (Å²) in [6.45, 7) is 1.22. The summed E-state index contributed by atoms with van der Waals surface area (Å²) < 4.78 is 53.6. The number of nitrogens with zero attached hydrogens (tertiary/aromatic N) is 4. The van der Waals surface area contributed by atoms with Gasteiger partial charge in [0.05, 0.1) is 24.1 Å². The summed E-state index contributed by atoms with van der Waals surface area (Å²) in [6.07, 6.45) is -3.13. The first kappa shape index (κ1) is 24.0. The number of alkyl halides is 3. The maximum absolute atomic E-state index is 14.0. The fourth-order valence-electron chi connectivity index (χ4n) is 3.59. The van der Waals surface area contributed by atoms with Crippen LogP contribution in [0.4, 0.5) is 13.2 Å². The molecule has 1 atom stereocenters. The quantitative estimate of drug-likeness (QED) is 0.420. The number of fused-ring (bicyclic) bond motifs is 1. The Hall–Kier alpha value is -4.15. The number of pyridine rings is 2. The van der Waals surface area contributed by atoms with Gasteiger partial charge in [0.1, 0.15) is 5.69 Å². The Kier molecular flexibility index (Phi) is 6.59. The van der Waals surface area contributed by atoms with E-state index < -0.39 is 30.3 Å². The molecule has 0 bridgehead atoms. The summed E-state index contributed by atoms with van der Waals surface area (Å²) in [5.41, 5.74) is 0.463. The molecule has 182 valence electrons. The number of nitrogens with one attached hydrogen (secondary N) is 1. The lowest BCUT2D eigenvalue weighted by molar-refractivity contribution is -0.136. The van der Waals surface area contributed by atoms with Gasteiger partial charge in [0, 0.05) is 30.9 Å². The van der Waals surface area contributed by atoms with Crippen molar-refractivity contribution in [1.82, 2.24) is 25.1 Å². The second-order valence-electron chi connectivity index (χ2n) is 7.75. The van der Waals surface area contributed by atoms with Gasteiger partial charge in [-0.25, -0.2) is 9.67 Å². The van der Waals surface area contributed by atoms with Gasteiger partial charge in [-0.2, -0.15) is 23.3 Å². The van der Waals surface area contributed by atoms with Gasteiger partial charge in [0.15, 0.2) is 12.3 Å². The normalized spacial score (nSPS) is 12.4. The third kappa shape index (κ3) is 5.18. The SMILES string of the molecule is COc1ccc(C(C)NC(=O)COc2cc(C(F)(F)F)c3c(-c4ccccc4)nn(C)c3n2)cn1. The number of ether oxygens (including phenoxy) is 2. The first-order valence-electron chi connectivity index (χ1n) is 10.6. The number of rotatable bonds is 7. The van der Waals surface area contributed by atoms with Crippen LogP contribution in [0.25, 0.3) is 22.3 Å². The summed E-state index contributed by atoms with van der Waals surface area (Å²) in [7, 11) is 3.00. The highest BCUT2D eigenvalue weighted by Gasteiger charge is 2.36. The number of aromatic nitrogens is 4. The largest absolute Gasteiger partial charge is 0.481 e. The molecule has 8 nitrogen and oxygen atoms in total. The lowest BCUT2D eigenvalue weighted by Crippen LogP contribution is -2.31. The Morgan fingerprint density at radius 3 is 2.51 bits per heavy atom. The van der Waals surface area contributed by atoms with Crippen molar-refractivity contribution in [3.63, 3.8) is 0 Å². The van der Waals surface area contributed by atoms with E-state index in [1.807, 2.05) is 0 Å². The first-order chi connectivity index (χ1) is 16.7. The topological polar surface area (TPSA) is 91.2 Å². The number of carbonyl (C=O) groups is 1. The molecule has 4 rings (SSSR count). The van der Waals surface area contributed by atoms with Crippen LogP contribution in [0.3, 0.4) is 0 Å². The lowest BCUT2D eigenvalue weighted by Gasteiger charge is -2.15. The van der Waals surface area contributed by atoms with Gasteiger partial charge in [-0.05, 0) is 12.5 Å². The molecule has 4 aromatic rings. The maximum atomic E-state index is 14.0. The highest BCUT2D eigenvalue weighted by Crippen LogP contribution is 2.40. The molecule has 0 aliphatic heterocycles. The van der Waals surface area contributed by atoms with E-state index in [0.29, 0.717) is 11.4 Å². The standard InChI is InChI=1S/C24H22F3N5O3/c1-14(16-9-10-19(34-3)28-12-16)29-18(33)13-35-20-11-17(24(25,26)27)21-22(15-7-5-4-6-8-15)31-32(2)23(21)30-20/h4-12,14H,13H2,1-3H3,(H,29,33). The van der Waals surface area contributed by atoms with Gasteiger partial charge in [-0.1, -0.05) is 36.4 Å². The second-order valence-corrected chi connectivity index (χ2v) is 7.75. The Bertz CT molecular complexity index is 1340. The molecule has 3 aromatic heterocycles. The second kappa shape index (κ2) is 9.61. The molecule has 0 saturated carbocycles. The average Bonchev–Trinajstić information content (AvgIpc) is 3.18. The Morgan fingerprint density at radius 1 is 1.14 bits per heavy atom. The van der Waals surface area contributed by atoms with Crippen molar-refractivity contribution >= 4 is 16.9 Å². The van der Waals surface area contributed by atoms with E-state index in [4.69, 9.17) is 9.47 Å². The number of hydrogen-bond donors (Lipinski definition) is 1. The Balaban J connectivity index is 1.57. The fraction of sp³-hybridized carbons (Fsp3) is 0.250. The van der Waals surface area contributed by atoms with Crippen molar-refractivity contribution in [2.45, 2.75) is 19.1 Å². The van der Waals surface area contributed by atoms with Crippen LogP contribution in [-0.2, 0) is 18.0 Å². The third-order valence-electron chi connectivity index (χ3n) is 5.32. The Morgan fingerprint density at radius 2 is 1.89 bits per heavy atom. The van der Waals surface area contributed by atoms with Crippen molar-refractivity contribution in [2.75, 3.05) is 13.7 Å². The van der Waals surface area contributed by atoms with Gasteiger partial charge in [0.2, 0.25) is 11.8 Å². The molecule has 1 N–H and O–H groups in total. The average molecular weight is 485 g/mol. The molecular formula is C24H22F3N5O3. The van der Waals surface area contributed by atoms with Crippen molar-refractivity contribution in [3.05, 3.63) is 65.9 Å². The molecule has 1 amide bonds. The van der Waals surface area contributed by atoms with Gasteiger partial charge in [-0.3, -0.25) is 4.79 Å². The minimum Gasteiger partial charge on any atom is -0.481 e. The lowest BCUT2D eigenvalue weighted by atomic mass is 10.0. The molecule has 3 heterocycles. The predicted molar refractivity (Wildman–Crippen MR) is 122 cm³/mol. The highest BCUT2D eigenvalue weighted by atomic mass is 19.4. The molecular weight excluding hydrogens is 463 g/mol. The predicted octanol–water partition coefficient (Wildman–Crippen LogP) is 4.31. The third-order valence-corrected chi connectivity index (χ3v) is 5.32. The van der Waals surface area contributed by atoms with Crippen LogP contribution >= 0.6 is 0 Å². The van der Waals surface area contributed by atoms with E-state index >= 15 is 0 Å². The van der Waals surface area contributed by atoms with E-state index in [1.165, 1.54) is 18.8 Å². The zero-order valence-electron chi connectivity index (χ0n) is 19.1. The summed E-state index contributed by atoms with van der Waals surface area (Å²) in [5, 5.41) is 6.84. The van der Waals surface area contributed by atoms with Crippen LogP contribution < -0.4 is 14.8 Å². The molecule has 35 heavy (non-hydrogen) atoms. The van der Waals surface area contributed by atoms with Crippen molar-refractivity contribution in [3.8, 4) is 23.0 Å². The molecule has 0 spiro atoms. The van der Waals surface area contributed by atoms with E-state index in [-0.39, 0.29) is 22.6 Å². The number of benzene rings is 1. The highest BCUT2D eigenvalue weighted by molar-refractivity contribution is 5.94. The van der Waals surface area contributed by atoms with E-state index in [9.17, 15) is 18.0 Å². The van der Waals surface area contributed by atoms with Crippen molar-refractivity contribution < 1.29 is 27.4 Å². The van der Waals surface area contributed by atoms with Crippen LogP contribution in [0.5, 0.6) is 11.8 Å². The monoisotopic (exact) mass is 485 g/mol. The summed E-state index contributed by atoms with van der Waals surface area (Å²) >= 11 is 0. The molecule has 0 aliphatic rings. The maximum Gasteiger partial charge on any atom is 0.417 e. The molecule has 11 heteroatoms. The zero-order valence-corrected chi connectivity index (χ0v) is 19.1. The molecule has 0 radical (unpaired) electrons. The first-order valence-corrected chi connectivity index (χ1v) is 10.6. The van der Waals surface area contributed by atoms with Crippen LogP contribution in [0, 0.1) is 0 Å². The Labute approximate surface area is 198 Å². The van der Waals surface area contributed by atoms with Gasteiger partial charge < -0.3 is 14.8 Å². The van der Waals surface area contributed by atoms with E-state index in [0.717, 1.165) is 11.6 Å². The minimum absolute atomic E-state index is 0.00763. The molecule has 0 fully saturated rings. The summed E-state index contributed by atoms with van der Waals surface area (Å²) in [6, 6.07) is 12.3. The van der Waals surface area contributed by atoms with Crippen LogP contribution in [-0.4, -0.2) is 39.4 Å². The molecule has 1 unspecified atom stereocenters. The number of carbonyl (C=O) groups excluding carboxylic acids is 1. The molecule has 0 aliphatic carbocycles. The van der Waals surface area contributed by atoms with Crippen molar-refractivity contribution in [2.24, 2.45) is 7.05 Å². The fourth-order valence-corrected chi connectivity index (χ4v) is 3.59. The minimum atomic E-state index is -4.69. The van der Waals surface area contributed by atoms with Gasteiger partial charge in [0.25, 0.3) is 5.91 Å². The smallest absolute Gasteiger partial charge is 0.417 e. The number of methoxy groups -OCH3 is 1. The summed E-state index contributed by atoms with van der Waals surface area (Å²) in [5.74, 6) is -0.428. The number of aryl methyl sites for hydroxylation is 1. The number of hydrogen-bond acceptors (Lipinski definition) is 6. The number of halogens is 3. The number of amides is 1. The van der Waals surface area contributed by atoms with Gasteiger partial charge >= 0.3 is 6.18 Å². The molecule has 0 saturated heterocycles. The zero-order chi connectivity index (χ0) is 25.2. The van der Waals surface area contributed by atoms with E-state index in [1.54, 1.807) is 55.6 Å². The molecule has 1 aromatic carbocycles. The van der Waals surface area contributed by atoms with E-state index in [2.05, 4.69) is 20.4 Å². The van der Waals surface area contributed by atoms with Crippen molar-refractivity contribution in [1.29, 1.82) is 0 Å². The van der Waals surface area contributed by atoms with Gasteiger partial charge in [-0.15, -0.1) is 0 Å². The summed E-state index contributed by atoms with van der Waals surface area (Å²) in [4.78, 5) is 20.7.